The molecule has 0 fully saturated rings. The molecule has 92 valence electrons. The molecule has 1 heterocycles. The van der Waals surface area contributed by atoms with E-state index in [1.165, 1.54) is 0 Å². The Morgan fingerprint density at radius 3 is 2.65 bits per heavy atom. The Hall–Kier alpha value is -1.35. The molecule has 0 aliphatic carbocycles. The summed E-state index contributed by atoms with van der Waals surface area (Å²) < 4.78 is 0. The standard InChI is InChI=1S/C14H19NO2/c1-8-5-6-10(7-16)11-9(2)13(17)14(3,4)15-12(8)11/h5-7,9,13,15,17H,1-4H3/t9-,13?/m0/s1. The van der Waals surface area contributed by atoms with Gasteiger partial charge >= 0.3 is 0 Å². The Morgan fingerprint density at radius 2 is 2.06 bits per heavy atom. The second-order valence-corrected chi connectivity index (χ2v) is 5.46. The Morgan fingerprint density at radius 1 is 1.41 bits per heavy atom. The van der Waals surface area contributed by atoms with Crippen LogP contribution in [0.5, 0.6) is 0 Å². The molecule has 17 heavy (non-hydrogen) atoms. The summed E-state index contributed by atoms with van der Waals surface area (Å²) in [5.74, 6) is -0.0404. The number of aldehydes is 1. The number of aryl methyl sites for hydroxylation is 1. The lowest BCUT2D eigenvalue weighted by molar-refractivity contribution is 0.0862. The van der Waals surface area contributed by atoms with Crippen molar-refractivity contribution in [3.8, 4) is 0 Å². The number of aliphatic hydroxyl groups is 1. The van der Waals surface area contributed by atoms with Gasteiger partial charge in [-0.25, -0.2) is 0 Å². The fourth-order valence-corrected chi connectivity index (χ4v) is 2.68. The van der Waals surface area contributed by atoms with E-state index in [1.54, 1.807) is 0 Å². The van der Waals surface area contributed by atoms with Crippen molar-refractivity contribution in [3.63, 3.8) is 0 Å². The van der Waals surface area contributed by atoms with Gasteiger partial charge in [0.1, 0.15) is 6.29 Å². The molecule has 0 spiro atoms. The second kappa shape index (κ2) is 3.84. The first-order valence-corrected chi connectivity index (χ1v) is 5.93. The van der Waals surface area contributed by atoms with Crippen LogP contribution in [0.15, 0.2) is 12.1 Å². The van der Waals surface area contributed by atoms with Crippen LogP contribution in [0.4, 0.5) is 5.69 Å². The van der Waals surface area contributed by atoms with Crippen molar-refractivity contribution < 1.29 is 9.90 Å². The smallest absolute Gasteiger partial charge is 0.150 e. The van der Waals surface area contributed by atoms with Crippen LogP contribution < -0.4 is 5.32 Å². The second-order valence-electron chi connectivity index (χ2n) is 5.46. The summed E-state index contributed by atoms with van der Waals surface area (Å²) >= 11 is 0. The molecule has 0 bridgehead atoms. The molecule has 0 aromatic heterocycles. The largest absolute Gasteiger partial charge is 0.390 e. The third-order valence-electron chi connectivity index (χ3n) is 3.73. The summed E-state index contributed by atoms with van der Waals surface area (Å²) in [6.45, 7) is 7.94. The first kappa shape index (κ1) is 12.1. The highest BCUT2D eigenvalue weighted by Gasteiger charge is 2.39. The minimum Gasteiger partial charge on any atom is -0.390 e. The summed E-state index contributed by atoms with van der Waals surface area (Å²) in [7, 11) is 0. The lowest BCUT2D eigenvalue weighted by Crippen LogP contribution is -2.50. The summed E-state index contributed by atoms with van der Waals surface area (Å²) in [6, 6.07) is 3.76. The Kier molecular flexibility index (Phi) is 2.74. The van der Waals surface area contributed by atoms with Crippen molar-refractivity contribution in [2.45, 2.75) is 45.3 Å². The van der Waals surface area contributed by atoms with Gasteiger partial charge in [0.05, 0.1) is 11.6 Å². The van der Waals surface area contributed by atoms with Crippen LogP contribution in [0.25, 0.3) is 0 Å². The Balaban J connectivity index is 2.67. The van der Waals surface area contributed by atoms with Crippen molar-refractivity contribution in [3.05, 3.63) is 28.8 Å². The number of hydrogen-bond donors (Lipinski definition) is 2. The molecular weight excluding hydrogens is 214 g/mol. The fraction of sp³-hybridized carbons (Fsp3) is 0.500. The van der Waals surface area contributed by atoms with Gasteiger partial charge in [-0.1, -0.05) is 19.1 Å². The van der Waals surface area contributed by atoms with Gasteiger partial charge in [0.15, 0.2) is 0 Å². The van der Waals surface area contributed by atoms with Crippen molar-refractivity contribution in [2.75, 3.05) is 5.32 Å². The predicted molar refractivity (Wildman–Crippen MR) is 68.7 cm³/mol. The van der Waals surface area contributed by atoms with Crippen LogP contribution in [-0.2, 0) is 0 Å². The summed E-state index contributed by atoms with van der Waals surface area (Å²) in [6.07, 6.45) is 0.358. The highest BCUT2D eigenvalue weighted by atomic mass is 16.3. The van der Waals surface area contributed by atoms with Crippen LogP contribution in [0.3, 0.4) is 0 Å². The van der Waals surface area contributed by atoms with E-state index in [-0.39, 0.29) is 11.5 Å². The van der Waals surface area contributed by atoms with E-state index < -0.39 is 6.10 Å². The molecule has 2 N–H and O–H groups in total. The minimum atomic E-state index is -0.504. The van der Waals surface area contributed by atoms with Crippen LogP contribution >= 0.6 is 0 Å². The SMILES string of the molecule is Cc1ccc(C=O)c2c1NC(C)(C)C(O)[C@H]2C. The average molecular weight is 233 g/mol. The number of hydrogen-bond acceptors (Lipinski definition) is 3. The number of benzene rings is 1. The third-order valence-corrected chi connectivity index (χ3v) is 3.73. The van der Waals surface area contributed by atoms with Crippen LogP contribution in [0.1, 0.15) is 48.2 Å². The normalized spacial score (nSPS) is 25.9. The van der Waals surface area contributed by atoms with Crippen LogP contribution in [0, 0.1) is 6.92 Å². The molecule has 1 aromatic rings. The van der Waals surface area contributed by atoms with Crippen LogP contribution in [-0.4, -0.2) is 23.0 Å². The minimum absolute atomic E-state index is 0.0404. The summed E-state index contributed by atoms with van der Waals surface area (Å²) in [5.41, 5.74) is 3.33. The van der Waals surface area contributed by atoms with E-state index in [1.807, 2.05) is 39.8 Å². The van der Waals surface area contributed by atoms with Gasteiger partial charge in [-0.3, -0.25) is 4.79 Å². The lowest BCUT2D eigenvalue weighted by atomic mass is 9.76. The maximum Gasteiger partial charge on any atom is 0.150 e. The molecule has 0 amide bonds. The van der Waals surface area contributed by atoms with E-state index in [2.05, 4.69) is 5.32 Å². The predicted octanol–water partition coefficient (Wildman–Crippen LogP) is 2.48. The topological polar surface area (TPSA) is 49.3 Å². The molecule has 2 atom stereocenters. The average Bonchev–Trinajstić information content (AvgIpc) is 2.28. The Labute approximate surface area is 102 Å². The number of carbonyl (C=O) groups is 1. The van der Waals surface area contributed by atoms with Gasteiger partial charge in [-0.15, -0.1) is 0 Å². The first-order valence-electron chi connectivity index (χ1n) is 5.93. The fourth-order valence-electron chi connectivity index (χ4n) is 2.68. The Bertz CT molecular complexity index is 466. The molecule has 1 unspecified atom stereocenters. The highest BCUT2D eigenvalue weighted by molar-refractivity contribution is 5.83. The number of nitrogens with one attached hydrogen (secondary N) is 1. The summed E-state index contributed by atoms with van der Waals surface area (Å²) in [4.78, 5) is 11.1. The molecule has 1 aliphatic rings. The third kappa shape index (κ3) is 1.75. The molecule has 1 aromatic carbocycles. The number of rotatable bonds is 1. The maximum absolute atomic E-state index is 11.1. The zero-order valence-electron chi connectivity index (χ0n) is 10.7. The zero-order valence-corrected chi connectivity index (χ0v) is 10.7. The van der Waals surface area contributed by atoms with E-state index in [0.717, 1.165) is 23.1 Å². The van der Waals surface area contributed by atoms with Gasteiger partial charge in [0.2, 0.25) is 0 Å². The van der Waals surface area contributed by atoms with Gasteiger partial charge in [-0.05, 0) is 31.9 Å². The summed E-state index contributed by atoms with van der Waals surface area (Å²) in [5, 5.41) is 13.6. The molecule has 2 rings (SSSR count). The van der Waals surface area contributed by atoms with Gasteiger partial charge in [-0.2, -0.15) is 0 Å². The van der Waals surface area contributed by atoms with Gasteiger partial charge in [0.25, 0.3) is 0 Å². The monoisotopic (exact) mass is 233 g/mol. The van der Waals surface area contributed by atoms with Crippen molar-refractivity contribution >= 4 is 12.0 Å². The van der Waals surface area contributed by atoms with E-state index in [4.69, 9.17) is 0 Å². The zero-order chi connectivity index (χ0) is 12.8. The number of aliphatic hydroxyl groups excluding tert-OH is 1. The number of anilines is 1. The number of carbonyl (C=O) groups excluding carboxylic acids is 1. The van der Waals surface area contributed by atoms with Gasteiger partial charge in [0, 0.05) is 17.2 Å². The molecule has 1 aliphatic heterocycles. The highest BCUT2D eigenvalue weighted by Crippen LogP contribution is 2.41. The van der Waals surface area contributed by atoms with Crippen molar-refractivity contribution in [1.82, 2.24) is 0 Å². The van der Waals surface area contributed by atoms with E-state index in [9.17, 15) is 9.90 Å². The first-order chi connectivity index (χ1) is 7.88. The molecule has 0 radical (unpaired) electrons. The quantitative estimate of drug-likeness (QED) is 0.733. The van der Waals surface area contributed by atoms with Crippen molar-refractivity contribution in [1.29, 1.82) is 0 Å². The number of fused-ring (bicyclic) bond motifs is 1. The maximum atomic E-state index is 11.1. The van der Waals surface area contributed by atoms with E-state index >= 15 is 0 Å². The molecule has 3 heteroatoms. The molecule has 0 saturated heterocycles. The van der Waals surface area contributed by atoms with Crippen molar-refractivity contribution in [2.24, 2.45) is 0 Å². The molecular formula is C14H19NO2. The lowest BCUT2D eigenvalue weighted by Gasteiger charge is -2.43. The molecule has 0 saturated carbocycles. The van der Waals surface area contributed by atoms with Crippen LogP contribution in [0.2, 0.25) is 0 Å². The van der Waals surface area contributed by atoms with Gasteiger partial charge < -0.3 is 10.4 Å². The van der Waals surface area contributed by atoms with E-state index in [0.29, 0.717) is 5.56 Å². The molecule has 3 nitrogen and oxygen atoms in total.